The fourth-order valence-electron chi connectivity index (χ4n) is 2.30. The molecule has 0 spiro atoms. The summed E-state index contributed by atoms with van der Waals surface area (Å²) in [5.41, 5.74) is 2.03. The maximum Gasteiger partial charge on any atom is 0.573 e. The molecule has 152 valence electrons. The first kappa shape index (κ1) is 21.1. The standard InChI is InChI=1S/C17H13BrF3N5O2S/c1-10-8-11(18)2-7-14(10)22-15(27)9-29-16-23-24-25-26(16)12-3-5-13(6-4-12)28-17(19,20)21/h2-8H,9H2,1H3,(H,22,27). The van der Waals surface area contributed by atoms with Crippen LogP contribution in [-0.4, -0.2) is 38.2 Å². The molecule has 1 N–H and O–H groups in total. The summed E-state index contributed by atoms with van der Waals surface area (Å²) in [6, 6.07) is 10.6. The fourth-order valence-corrected chi connectivity index (χ4v) is 3.47. The third kappa shape index (κ3) is 5.94. The number of ether oxygens (including phenoxy) is 1. The molecule has 1 aromatic heterocycles. The van der Waals surface area contributed by atoms with Crippen LogP contribution in [0.3, 0.4) is 0 Å². The van der Waals surface area contributed by atoms with Crippen LogP contribution in [0.2, 0.25) is 0 Å². The number of carbonyl (C=O) groups excluding carboxylic acids is 1. The molecule has 12 heteroatoms. The summed E-state index contributed by atoms with van der Waals surface area (Å²) in [7, 11) is 0. The van der Waals surface area contributed by atoms with Crippen molar-refractivity contribution in [3.8, 4) is 11.4 Å². The topological polar surface area (TPSA) is 81.9 Å². The molecule has 29 heavy (non-hydrogen) atoms. The third-order valence-electron chi connectivity index (χ3n) is 3.55. The lowest BCUT2D eigenvalue weighted by molar-refractivity contribution is -0.274. The molecule has 0 aliphatic carbocycles. The first-order valence-corrected chi connectivity index (χ1v) is 9.82. The van der Waals surface area contributed by atoms with Crippen LogP contribution in [0.4, 0.5) is 18.9 Å². The highest BCUT2D eigenvalue weighted by Gasteiger charge is 2.31. The second-order valence-corrected chi connectivity index (χ2v) is 7.57. The Morgan fingerprint density at radius 1 is 1.24 bits per heavy atom. The number of rotatable bonds is 6. The zero-order valence-electron chi connectivity index (χ0n) is 14.8. The molecule has 3 rings (SSSR count). The van der Waals surface area contributed by atoms with Gasteiger partial charge in [0.1, 0.15) is 5.75 Å². The van der Waals surface area contributed by atoms with Crippen LogP contribution in [0.5, 0.6) is 5.75 Å². The quantitative estimate of drug-likeness (QED) is 0.520. The minimum Gasteiger partial charge on any atom is -0.406 e. The second-order valence-electron chi connectivity index (χ2n) is 5.71. The average Bonchev–Trinajstić information content (AvgIpc) is 3.10. The van der Waals surface area contributed by atoms with Gasteiger partial charge < -0.3 is 10.1 Å². The van der Waals surface area contributed by atoms with Crippen LogP contribution < -0.4 is 10.1 Å². The molecule has 0 saturated heterocycles. The molecular formula is C17H13BrF3N5O2S. The Hall–Kier alpha value is -2.60. The zero-order valence-corrected chi connectivity index (χ0v) is 17.2. The van der Waals surface area contributed by atoms with Gasteiger partial charge in [0.25, 0.3) is 0 Å². The molecule has 3 aromatic rings. The number of aryl methyl sites for hydroxylation is 1. The van der Waals surface area contributed by atoms with E-state index in [1.165, 1.54) is 16.8 Å². The predicted octanol–water partition coefficient (Wildman–Crippen LogP) is 4.36. The van der Waals surface area contributed by atoms with Gasteiger partial charge in [0.2, 0.25) is 11.1 Å². The summed E-state index contributed by atoms with van der Waals surface area (Å²) in [5.74, 6) is -0.554. The van der Waals surface area contributed by atoms with Gasteiger partial charge in [-0.2, -0.15) is 4.68 Å². The van der Waals surface area contributed by atoms with Crippen molar-refractivity contribution >= 4 is 39.3 Å². The number of thioether (sulfide) groups is 1. The Kier molecular flexibility index (Phi) is 6.42. The number of nitrogens with zero attached hydrogens (tertiary/aromatic N) is 4. The van der Waals surface area contributed by atoms with Crippen molar-refractivity contribution < 1.29 is 22.7 Å². The average molecular weight is 488 g/mol. The summed E-state index contributed by atoms with van der Waals surface area (Å²) >= 11 is 4.46. The number of carbonyl (C=O) groups is 1. The van der Waals surface area contributed by atoms with Gasteiger partial charge in [-0.15, -0.1) is 18.3 Å². The summed E-state index contributed by atoms with van der Waals surface area (Å²) < 4.78 is 42.8. The van der Waals surface area contributed by atoms with Gasteiger partial charge in [0.15, 0.2) is 0 Å². The largest absolute Gasteiger partial charge is 0.573 e. The van der Waals surface area contributed by atoms with Crippen molar-refractivity contribution in [1.82, 2.24) is 20.2 Å². The van der Waals surface area contributed by atoms with Gasteiger partial charge in [0.05, 0.1) is 11.4 Å². The lowest BCUT2D eigenvalue weighted by atomic mass is 10.2. The van der Waals surface area contributed by atoms with E-state index in [1.807, 2.05) is 19.1 Å². The van der Waals surface area contributed by atoms with Gasteiger partial charge in [0, 0.05) is 10.2 Å². The number of aromatic nitrogens is 4. The van der Waals surface area contributed by atoms with Crippen LogP contribution in [0.25, 0.3) is 5.69 Å². The van der Waals surface area contributed by atoms with E-state index in [0.717, 1.165) is 33.9 Å². The minimum absolute atomic E-state index is 0.0468. The predicted molar refractivity (Wildman–Crippen MR) is 104 cm³/mol. The molecular weight excluding hydrogens is 475 g/mol. The van der Waals surface area contributed by atoms with E-state index in [1.54, 1.807) is 6.07 Å². The molecule has 2 aromatic carbocycles. The van der Waals surface area contributed by atoms with E-state index < -0.39 is 6.36 Å². The van der Waals surface area contributed by atoms with E-state index in [4.69, 9.17) is 0 Å². The molecule has 1 heterocycles. The summed E-state index contributed by atoms with van der Waals surface area (Å²) in [5, 5.41) is 14.3. The molecule has 0 saturated carbocycles. The van der Waals surface area contributed by atoms with E-state index in [-0.39, 0.29) is 17.4 Å². The smallest absolute Gasteiger partial charge is 0.406 e. The van der Waals surface area contributed by atoms with Gasteiger partial charge >= 0.3 is 6.36 Å². The Balaban J connectivity index is 1.63. The number of tetrazole rings is 1. The molecule has 1 amide bonds. The molecule has 0 bridgehead atoms. The second kappa shape index (κ2) is 8.82. The summed E-state index contributed by atoms with van der Waals surface area (Å²) in [4.78, 5) is 12.2. The number of amides is 1. The number of hydrogen-bond acceptors (Lipinski definition) is 6. The highest BCUT2D eigenvalue weighted by Crippen LogP contribution is 2.25. The van der Waals surface area contributed by atoms with Crippen molar-refractivity contribution in [2.75, 3.05) is 11.1 Å². The Morgan fingerprint density at radius 3 is 2.62 bits per heavy atom. The van der Waals surface area contributed by atoms with Gasteiger partial charge in [-0.05, 0) is 65.4 Å². The van der Waals surface area contributed by atoms with Crippen molar-refractivity contribution in [3.63, 3.8) is 0 Å². The number of halogens is 4. The van der Waals surface area contributed by atoms with E-state index in [9.17, 15) is 18.0 Å². The van der Waals surface area contributed by atoms with E-state index >= 15 is 0 Å². The van der Waals surface area contributed by atoms with E-state index in [2.05, 4.69) is 41.5 Å². The van der Waals surface area contributed by atoms with Crippen molar-refractivity contribution in [1.29, 1.82) is 0 Å². The molecule has 7 nitrogen and oxygen atoms in total. The maximum absolute atomic E-state index is 12.3. The normalized spacial score (nSPS) is 11.3. The Labute approximate surface area is 175 Å². The number of hydrogen-bond donors (Lipinski definition) is 1. The number of benzene rings is 2. The van der Waals surface area contributed by atoms with Crippen LogP contribution in [-0.2, 0) is 4.79 Å². The van der Waals surface area contributed by atoms with E-state index in [0.29, 0.717) is 16.5 Å². The van der Waals surface area contributed by atoms with Gasteiger partial charge in [-0.3, -0.25) is 4.79 Å². The first-order valence-electron chi connectivity index (χ1n) is 8.04. The SMILES string of the molecule is Cc1cc(Br)ccc1NC(=O)CSc1nnnn1-c1ccc(OC(F)(F)F)cc1. The summed E-state index contributed by atoms with van der Waals surface area (Å²) in [6.07, 6.45) is -4.77. The highest BCUT2D eigenvalue weighted by atomic mass is 79.9. The van der Waals surface area contributed by atoms with Crippen molar-refractivity contribution in [3.05, 3.63) is 52.5 Å². The fraction of sp³-hybridized carbons (Fsp3) is 0.176. The molecule has 0 atom stereocenters. The number of anilines is 1. The monoisotopic (exact) mass is 487 g/mol. The number of nitrogens with one attached hydrogen (secondary N) is 1. The Bertz CT molecular complexity index is 1010. The highest BCUT2D eigenvalue weighted by molar-refractivity contribution is 9.10. The lowest BCUT2D eigenvalue weighted by Crippen LogP contribution is -2.17. The third-order valence-corrected chi connectivity index (χ3v) is 4.96. The maximum atomic E-state index is 12.3. The number of alkyl halides is 3. The molecule has 0 aliphatic rings. The summed E-state index contributed by atoms with van der Waals surface area (Å²) in [6.45, 7) is 1.88. The Morgan fingerprint density at radius 2 is 1.97 bits per heavy atom. The molecule has 0 unspecified atom stereocenters. The molecule has 0 aliphatic heterocycles. The minimum atomic E-state index is -4.77. The van der Waals surface area contributed by atoms with Crippen LogP contribution >= 0.6 is 27.7 Å². The van der Waals surface area contributed by atoms with Crippen LogP contribution in [0, 0.1) is 6.92 Å². The van der Waals surface area contributed by atoms with Gasteiger partial charge in [-0.25, -0.2) is 0 Å². The zero-order chi connectivity index (χ0) is 21.0. The van der Waals surface area contributed by atoms with Gasteiger partial charge in [-0.1, -0.05) is 27.7 Å². The first-order chi connectivity index (χ1) is 13.7. The van der Waals surface area contributed by atoms with Crippen molar-refractivity contribution in [2.45, 2.75) is 18.4 Å². The molecule has 0 radical (unpaired) electrons. The van der Waals surface area contributed by atoms with Crippen LogP contribution in [0.1, 0.15) is 5.56 Å². The lowest BCUT2D eigenvalue weighted by Gasteiger charge is -2.10. The van der Waals surface area contributed by atoms with Crippen molar-refractivity contribution in [2.24, 2.45) is 0 Å². The van der Waals surface area contributed by atoms with Crippen LogP contribution in [0.15, 0.2) is 52.1 Å². The molecule has 0 fully saturated rings.